The number of carbonyl (C=O) groups excluding carboxylic acids is 1. The molecule has 3 fully saturated rings. The zero-order valence-electron chi connectivity index (χ0n) is 13.0. The van der Waals surface area contributed by atoms with E-state index in [1.54, 1.807) is 6.20 Å². The molecule has 1 amide bonds. The van der Waals surface area contributed by atoms with Gasteiger partial charge in [-0.25, -0.2) is 4.98 Å². The van der Waals surface area contributed by atoms with Crippen LogP contribution in [0.15, 0.2) is 18.3 Å². The van der Waals surface area contributed by atoms with Gasteiger partial charge in [0.25, 0.3) is 0 Å². The molecule has 2 saturated carbocycles. The molecule has 3 aliphatic rings. The highest BCUT2D eigenvalue weighted by Crippen LogP contribution is 2.57. The summed E-state index contributed by atoms with van der Waals surface area (Å²) in [4.78, 5) is 22.2. The molecule has 0 unspecified atom stereocenters. The summed E-state index contributed by atoms with van der Waals surface area (Å²) >= 11 is 9.69. The van der Waals surface area contributed by atoms with Gasteiger partial charge in [-0.1, -0.05) is 27.5 Å². The molecule has 23 heavy (non-hydrogen) atoms. The number of alkyl halides is 1. The fraction of sp³-hybridized carbons (Fsp3) is 0.647. The zero-order valence-corrected chi connectivity index (χ0v) is 15.4. The number of pyridine rings is 1. The van der Waals surface area contributed by atoms with Crippen molar-refractivity contribution < 1.29 is 4.79 Å². The molecule has 2 bridgehead atoms. The first-order valence-electron chi connectivity index (χ1n) is 8.38. The smallest absolute Gasteiger partial charge is 0.230 e. The van der Waals surface area contributed by atoms with Crippen LogP contribution in [-0.2, 0) is 4.79 Å². The van der Waals surface area contributed by atoms with Gasteiger partial charge in [-0.05, 0) is 43.7 Å². The predicted octanol–water partition coefficient (Wildman–Crippen LogP) is 3.34. The Labute approximate surface area is 150 Å². The van der Waals surface area contributed by atoms with E-state index in [1.165, 1.54) is 12.8 Å². The summed E-state index contributed by atoms with van der Waals surface area (Å²) in [7, 11) is 0. The van der Waals surface area contributed by atoms with Crippen molar-refractivity contribution >= 4 is 39.3 Å². The topological polar surface area (TPSA) is 36.4 Å². The number of halogens is 2. The third-order valence-corrected chi connectivity index (χ3v) is 7.29. The molecule has 3 atom stereocenters. The fourth-order valence-electron chi connectivity index (χ4n) is 4.52. The molecule has 1 aliphatic heterocycles. The third-order valence-electron chi connectivity index (χ3n) is 5.82. The summed E-state index contributed by atoms with van der Waals surface area (Å²) in [5, 5.41) is 0.655. The summed E-state index contributed by atoms with van der Waals surface area (Å²) in [6.45, 7) is 3.25. The standard InChI is InChI=1S/C17H21BrClN3O/c18-14-9-12-3-4-17(14,10-12)16(23)22-7-5-21(6-8-22)15-2-1-13(19)11-20-15/h1-2,11-12,14H,3-10H2/t12-,14+,17+/m0/s1. The first kappa shape index (κ1) is 15.7. The van der Waals surface area contributed by atoms with E-state index in [-0.39, 0.29) is 5.41 Å². The van der Waals surface area contributed by atoms with Crippen molar-refractivity contribution in [3.63, 3.8) is 0 Å². The number of hydrogen-bond donors (Lipinski definition) is 0. The van der Waals surface area contributed by atoms with Crippen molar-refractivity contribution in [3.8, 4) is 0 Å². The van der Waals surface area contributed by atoms with E-state index in [2.05, 4.69) is 30.7 Å². The molecule has 0 spiro atoms. The molecule has 1 aromatic heterocycles. The Morgan fingerprint density at radius 1 is 1.30 bits per heavy atom. The van der Waals surface area contributed by atoms with Gasteiger partial charge in [0.15, 0.2) is 0 Å². The Morgan fingerprint density at radius 3 is 2.65 bits per heavy atom. The van der Waals surface area contributed by atoms with Crippen LogP contribution in [0.4, 0.5) is 5.82 Å². The number of rotatable bonds is 2. The summed E-state index contributed by atoms with van der Waals surface area (Å²) < 4.78 is 0. The molecule has 124 valence electrons. The highest BCUT2D eigenvalue weighted by molar-refractivity contribution is 9.09. The van der Waals surface area contributed by atoms with Crippen LogP contribution in [0.1, 0.15) is 25.7 Å². The van der Waals surface area contributed by atoms with Gasteiger partial charge < -0.3 is 9.80 Å². The third kappa shape index (κ3) is 2.66. The number of hydrogen-bond acceptors (Lipinski definition) is 3. The zero-order chi connectivity index (χ0) is 16.0. The van der Waals surface area contributed by atoms with Crippen LogP contribution in [0, 0.1) is 11.3 Å². The monoisotopic (exact) mass is 397 g/mol. The minimum atomic E-state index is -0.120. The summed E-state index contributed by atoms with van der Waals surface area (Å²) in [6.07, 6.45) is 6.22. The number of nitrogens with zero attached hydrogens (tertiary/aromatic N) is 3. The van der Waals surface area contributed by atoms with Gasteiger partial charge >= 0.3 is 0 Å². The van der Waals surface area contributed by atoms with Crippen LogP contribution in [0.25, 0.3) is 0 Å². The van der Waals surface area contributed by atoms with Crippen molar-refractivity contribution in [2.75, 3.05) is 31.1 Å². The van der Waals surface area contributed by atoms with E-state index < -0.39 is 0 Å². The van der Waals surface area contributed by atoms with E-state index >= 15 is 0 Å². The second-order valence-electron chi connectivity index (χ2n) is 7.08. The van der Waals surface area contributed by atoms with E-state index in [1.807, 2.05) is 12.1 Å². The molecule has 0 N–H and O–H groups in total. The molecular formula is C17H21BrClN3O. The van der Waals surface area contributed by atoms with Gasteiger partial charge in [0.1, 0.15) is 5.82 Å². The van der Waals surface area contributed by atoms with Crippen LogP contribution in [0.5, 0.6) is 0 Å². The molecule has 1 saturated heterocycles. The molecule has 0 radical (unpaired) electrons. The highest BCUT2D eigenvalue weighted by atomic mass is 79.9. The van der Waals surface area contributed by atoms with Crippen molar-refractivity contribution in [2.45, 2.75) is 30.5 Å². The maximum absolute atomic E-state index is 13.1. The van der Waals surface area contributed by atoms with Crippen LogP contribution in [0.2, 0.25) is 5.02 Å². The Kier molecular flexibility index (Phi) is 4.04. The molecule has 2 aliphatic carbocycles. The second kappa shape index (κ2) is 5.92. The normalized spacial score (nSPS) is 33.3. The lowest BCUT2D eigenvalue weighted by Crippen LogP contribution is -2.54. The maximum Gasteiger partial charge on any atom is 0.230 e. The molecule has 4 nitrogen and oxygen atoms in total. The van der Waals surface area contributed by atoms with Gasteiger partial charge in [-0.3, -0.25) is 4.79 Å². The van der Waals surface area contributed by atoms with Gasteiger partial charge in [0, 0.05) is 37.2 Å². The van der Waals surface area contributed by atoms with Crippen LogP contribution < -0.4 is 4.90 Å². The van der Waals surface area contributed by atoms with Crippen molar-refractivity contribution in [1.82, 2.24) is 9.88 Å². The molecule has 4 rings (SSSR count). The van der Waals surface area contributed by atoms with Crippen molar-refractivity contribution in [1.29, 1.82) is 0 Å². The number of piperazine rings is 1. The van der Waals surface area contributed by atoms with E-state index in [0.717, 1.165) is 50.8 Å². The minimum Gasteiger partial charge on any atom is -0.353 e. The predicted molar refractivity (Wildman–Crippen MR) is 95.1 cm³/mol. The second-order valence-corrected chi connectivity index (χ2v) is 8.62. The number of fused-ring (bicyclic) bond motifs is 2. The molecule has 6 heteroatoms. The lowest BCUT2D eigenvalue weighted by atomic mass is 9.82. The Balaban J connectivity index is 1.41. The molecule has 2 heterocycles. The van der Waals surface area contributed by atoms with Gasteiger partial charge in [-0.15, -0.1) is 0 Å². The number of anilines is 1. The van der Waals surface area contributed by atoms with E-state index in [4.69, 9.17) is 11.6 Å². The average molecular weight is 399 g/mol. The number of amides is 1. The first-order valence-corrected chi connectivity index (χ1v) is 9.68. The SMILES string of the molecule is O=C(N1CCN(c2ccc(Cl)cn2)CC1)[C@@]12CC[C@@H](C[C@H]1Br)C2. The Bertz CT molecular complexity index is 602. The van der Waals surface area contributed by atoms with Gasteiger partial charge in [0.2, 0.25) is 5.91 Å². The molecule has 0 aromatic carbocycles. The van der Waals surface area contributed by atoms with Crippen molar-refractivity contribution in [3.05, 3.63) is 23.4 Å². The van der Waals surface area contributed by atoms with Gasteiger partial charge in [0.05, 0.1) is 10.4 Å². The van der Waals surface area contributed by atoms with Crippen LogP contribution in [0.3, 0.4) is 0 Å². The van der Waals surface area contributed by atoms with Crippen LogP contribution in [-0.4, -0.2) is 46.8 Å². The van der Waals surface area contributed by atoms with Crippen LogP contribution >= 0.6 is 27.5 Å². The number of aromatic nitrogens is 1. The quantitative estimate of drug-likeness (QED) is 0.717. The fourth-order valence-corrected chi connectivity index (χ4v) is 5.77. The lowest BCUT2D eigenvalue weighted by molar-refractivity contribution is -0.141. The summed E-state index contributed by atoms with van der Waals surface area (Å²) in [5.41, 5.74) is -0.120. The Hall–Kier alpha value is -0.810. The maximum atomic E-state index is 13.1. The van der Waals surface area contributed by atoms with Crippen molar-refractivity contribution in [2.24, 2.45) is 11.3 Å². The average Bonchev–Trinajstić information content (AvgIpc) is 3.13. The van der Waals surface area contributed by atoms with Gasteiger partial charge in [-0.2, -0.15) is 0 Å². The van der Waals surface area contributed by atoms with E-state index in [9.17, 15) is 4.79 Å². The summed E-state index contributed by atoms with van der Waals surface area (Å²) in [5.74, 6) is 2.07. The highest BCUT2D eigenvalue weighted by Gasteiger charge is 2.57. The van der Waals surface area contributed by atoms with E-state index in [0.29, 0.717) is 15.8 Å². The molecule has 1 aromatic rings. The largest absolute Gasteiger partial charge is 0.353 e. The number of carbonyl (C=O) groups is 1. The lowest BCUT2D eigenvalue weighted by Gasteiger charge is -2.41. The first-order chi connectivity index (χ1) is 11.1. The molecular weight excluding hydrogens is 378 g/mol. The summed E-state index contributed by atoms with van der Waals surface area (Å²) in [6, 6.07) is 3.82. The minimum absolute atomic E-state index is 0.120. The Morgan fingerprint density at radius 2 is 2.09 bits per heavy atom.